The molecule has 1 amide bonds. The number of hydrogen-bond donors (Lipinski definition) is 1. The van der Waals surface area contributed by atoms with Crippen LogP contribution in [-0.2, 0) is 20.7 Å². The molecule has 1 aliphatic rings. The number of amides is 1. The first-order valence-electron chi connectivity index (χ1n) is 7.20. The zero-order valence-electron chi connectivity index (χ0n) is 12.5. The second-order valence-electron chi connectivity index (χ2n) is 5.00. The quantitative estimate of drug-likeness (QED) is 0.808. The van der Waals surface area contributed by atoms with Gasteiger partial charge < -0.3 is 15.0 Å². The molecule has 2 rings (SSSR count). The Kier molecular flexibility index (Phi) is 5.27. The number of esters is 1. The highest BCUT2D eigenvalue weighted by Crippen LogP contribution is 2.11. The van der Waals surface area contributed by atoms with Crippen LogP contribution in [0, 0.1) is 6.92 Å². The molecular weight excluding hydrogens is 270 g/mol. The minimum Gasteiger partial charge on any atom is -0.464 e. The second-order valence-corrected chi connectivity index (χ2v) is 5.00. The largest absolute Gasteiger partial charge is 0.464 e. The summed E-state index contributed by atoms with van der Waals surface area (Å²) in [5, 5.41) is 3.12. The third-order valence-corrected chi connectivity index (χ3v) is 3.56. The van der Waals surface area contributed by atoms with Crippen molar-refractivity contribution < 1.29 is 14.3 Å². The van der Waals surface area contributed by atoms with Gasteiger partial charge in [-0.15, -0.1) is 0 Å². The Morgan fingerprint density at radius 1 is 1.52 bits per heavy atom. The summed E-state index contributed by atoms with van der Waals surface area (Å²) < 4.78 is 5.05. The number of nitrogens with one attached hydrogen (secondary N) is 1. The van der Waals surface area contributed by atoms with E-state index < -0.39 is 6.04 Å². The third-order valence-electron chi connectivity index (χ3n) is 3.56. The minimum atomic E-state index is -0.546. The van der Waals surface area contributed by atoms with Gasteiger partial charge in [-0.2, -0.15) is 0 Å². The van der Waals surface area contributed by atoms with Crippen molar-refractivity contribution in [2.24, 2.45) is 0 Å². The Labute approximate surface area is 124 Å². The summed E-state index contributed by atoms with van der Waals surface area (Å²) in [4.78, 5) is 30.3. The maximum atomic E-state index is 12.5. The summed E-state index contributed by atoms with van der Waals surface area (Å²) in [5.41, 5.74) is 1.73. The molecule has 114 valence electrons. The number of aromatic nitrogens is 1. The first-order valence-corrected chi connectivity index (χ1v) is 7.20. The van der Waals surface area contributed by atoms with Gasteiger partial charge in [-0.1, -0.05) is 6.07 Å². The highest BCUT2D eigenvalue weighted by atomic mass is 16.5. The molecule has 1 unspecified atom stereocenters. The highest BCUT2D eigenvalue weighted by molar-refractivity contribution is 5.86. The van der Waals surface area contributed by atoms with E-state index in [1.165, 1.54) is 0 Å². The van der Waals surface area contributed by atoms with Crippen LogP contribution >= 0.6 is 0 Å². The zero-order valence-corrected chi connectivity index (χ0v) is 12.5. The first-order chi connectivity index (χ1) is 10.1. The van der Waals surface area contributed by atoms with Crippen molar-refractivity contribution in [1.29, 1.82) is 0 Å². The van der Waals surface area contributed by atoms with E-state index in [9.17, 15) is 9.59 Å². The monoisotopic (exact) mass is 291 g/mol. The van der Waals surface area contributed by atoms with Crippen LogP contribution in [0.1, 0.15) is 18.2 Å². The molecule has 1 saturated heterocycles. The van der Waals surface area contributed by atoms with E-state index in [0.717, 1.165) is 11.3 Å². The van der Waals surface area contributed by atoms with Crippen LogP contribution in [0.3, 0.4) is 0 Å². The zero-order chi connectivity index (χ0) is 15.2. The number of ether oxygens (including phenoxy) is 1. The Bertz CT molecular complexity index is 519. The fraction of sp³-hybridized carbons (Fsp3) is 0.533. The van der Waals surface area contributed by atoms with Crippen LogP contribution in [0.25, 0.3) is 0 Å². The van der Waals surface area contributed by atoms with Gasteiger partial charge in [0.25, 0.3) is 0 Å². The van der Waals surface area contributed by atoms with Gasteiger partial charge in [-0.3, -0.25) is 9.78 Å². The lowest BCUT2D eigenvalue weighted by atomic mass is 10.1. The molecule has 6 nitrogen and oxygen atoms in total. The first kappa shape index (κ1) is 15.4. The van der Waals surface area contributed by atoms with E-state index in [-0.39, 0.29) is 18.3 Å². The predicted octanol–water partition coefficient (Wildman–Crippen LogP) is 0.296. The average molecular weight is 291 g/mol. The Hall–Kier alpha value is -1.95. The van der Waals surface area contributed by atoms with Crippen molar-refractivity contribution in [2.75, 3.05) is 26.2 Å². The number of nitrogens with zero attached hydrogens (tertiary/aromatic N) is 2. The number of aryl methyl sites for hydroxylation is 1. The molecule has 1 N–H and O–H groups in total. The van der Waals surface area contributed by atoms with E-state index >= 15 is 0 Å². The van der Waals surface area contributed by atoms with Crippen LogP contribution in [0.2, 0.25) is 0 Å². The van der Waals surface area contributed by atoms with Gasteiger partial charge in [0.1, 0.15) is 6.04 Å². The molecule has 1 fully saturated rings. The molecule has 0 spiro atoms. The summed E-state index contributed by atoms with van der Waals surface area (Å²) in [7, 11) is 0. The molecule has 0 aromatic carbocycles. The lowest BCUT2D eigenvalue weighted by Crippen LogP contribution is -2.57. The number of pyridine rings is 1. The molecule has 1 atom stereocenters. The fourth-order valence-corrected chi connectivity index (χ4v) is 2.40. The number of rotatable bonds is 4. The van der Waals surface area contributed by atoms with Gasteiger partial charge in [0.15, 0.2) is 0 Å². The predicted molar refractivity (Wildman–Crippen MR) is 77.7 cm³/mol. The SMILES string of the molecule is CCOC(=O)C1CNCCN1C(=O)Cc1ncccc1C. The molecule has 6 heteroatoms. The number of carbonyl (C=O) groups is 2. The average Bonchev–Trinajstić information content (AvgIpc) is 2.50. The standard InChI is InChI=1S/C15H21N3O3/c1-3-21-15(20)13-10-16-7-8-18(13)14(19)9-12-11(2)5-4-6-17-12/h4-6,13,16H,3,7-10H2,1-2H3. The summed E-state index contributed by atoms with van der Waals surface area (Å²) in [6.45, 7) is 5.63. The molecule has 0 saturated carbocycles. The molecule has 1 aromatic heterocycles. The van der Waals surface area contributed by atoms with Crippen molar-refractivity contribution in [3.8, 4) is 0 Å². The van der Waals surface area contributed by atoms with E-state index in [1.54, 1.807) is 18.0 Å². The lowest BCUT2D eigenvalue weighted by Gasteiger charge is -2.34. The van der Waals surface area contributed by atoms with Gasteiger partial charge in [-0.05, 0) is 25.5 Å². The van der Waals surface area contributed by atoms with Crippen molar-refractivity contribution >= 4 is 11.9 Å². The number of piperazine rings is 1. The van der Waals surface area contributed by atoms with Crippen LogP contribution in [0.15, 0.2) is 18.3 Å². The minimum absolute atomic E-state index is 0.0867. The van der Waals surface area contributed by atoms with Crippen LogP contribution in [-0.4, -0.2) is 54.0 Å². The van der Waals surface area contributed by atoms with Crippen molar-refractivity contribution in [3.05, 3.63) is 29.6 Å². The van der Waals surface area contributed by atoms with Crippen molar-refractivity contribution in [1.82, 2.24) is 15.2 Å². The molecule has 0 aliphatic carbocycles. The fourth-order valence-electron chi connectivity index (χ4n) is 2.40. The van der Waals surface area contributed by atoms with Crippen LogP contribution in [0.4, 0.5) is 0 Å². The molecule has 0 bridgehead atoms. The van der Waals surface area contributed by atoms with Crippen LogP contribution < -0.4 is 5.32 Å². The van der Waals surface area contributed by atoms with Gasteiger partial charge >= 0.3 is 5.97 Å². The molecule has 1 aromatic rings. The normalized spacial score (nSPS) is 18.4. The Morgan fingerprint density at radius 3 is 3.05 bits per heavy atom. The number of hydrogen-bond acceptors (Lipinski definition) is 5. The van der Waals surface area contributed by atoms with Gasteiger partial charge in [0, 0.05) is 25.8 Å². The molecule has 21 heavy (non-hydrogen) atoms. The van der Waals surface area contributed by atoms with E-state index in [1.807, 2.05) is 19.1 Å². The maximum absolute atomic E-state index is 12.5. The number of carbonyl (C=O) groups excluding carboxylic acids is 2. The smallest absolute Gasteiger partial charge is 0.330 e. The third kappa shape index (κ3) is 3.78. The summed E-state index contributed by atoms with van der Waals surface area (Å²) in [5.74, 6) is -0.438. The van der Waals surface area contributed by atoms with E-state index in [0.29, 0.717) is 26.2 Å². The Balaban J connectivity index is 2.08. The molecular formula is C15H21N3O3. The van der Waals surface area contributed by atoms with E-state index in [4.69, 9.17) is 4.74 Å². The van der Waals surface area contributed by atoms with E-state index in [2.05, 4.69) is 10.3 Å². The van der Waals surface area contributed by atoms with Crippen molar-refractivity contribution in [2.45, 2.75) is 26.3 Å². The Morgan fingerprint density at radius 2 is 2.33 bits per heavy atom. The maximum Gasteiger partial charge on any atom is 0.330 e. The summed E-state index contributed by atoms with van der Waals surface area (Å²) in [6.07, 6.45) is 1.89. The highest BCUT2D eigenvalue weighted by Gasteiger charge is 2.33. The van der Waals surface area contributed by atoms with Crippen molar-refractivity contribution in [3.63, 3.8) is 0 Å². The molecule has 2 heterocycles. The second kappa shape index (κ2) is 7.17. The van der Waals surface area contributed by atoms with Gasteiger partial charge in [-0.25, -0.2) is 4.79 Å². The molecule has 0 radical (unpaired) electrons. The lowest BCUT2D eigenvalue weighted by molar-refractivity contribution is -0.155. The summed E-state index contributed by atoms with van der Waals surface area (Å²) in [6, 6.07) is 3.22. The van der Waals surface area contributed by atoms with Gasteiger partial charge in [0.05, 0.1) is 18.7 Å². The topological polar surface area (TPSA) is 71.5 Å². The van der Waals surface area contributed by atoms with Gasteiger partial charge in [0.2, 0.25) is 5.91 Å². The van der Waals surface area contributed by atoms with Crippen LogP contribution in [0.5, 0.6) is 0 Å². The molecule has 1 aliphatic heterocycles. The summed E-state index contributed by atoms with van der Waals surface area (Å²) >= 11 is 0.